The molecule has 0 saturated heterocycles. The summed E-state index contributed by atoms with van der Waals surface area (Å²) in [4.78, 5) is 11.2. The summed E-state index contributed by atoms with van der Waals surface area (Å²) in [6, 6.07) is 63.8. The maximum atomic E-state index is 4.49. The summed E-state index contributed by atoms with van der Waals surface area (Å²) >= 11 is 7.05. The standard InChI is InChI=1S/C37H37N2.C17H10Br2N.Ir/c1-36(2,3)30-15-21-33(22-16-30)39(34-23-17-31(18-24-34)37(4,5)6)32-19-13-27(14-20-32)28-10-9-11-29(26-28)35-12-7-8-25-38-35;18-15-9-14(10-16(19)11-15)12-4-3-5-13(8-12)17-6-1-2-7-20-17;/h7-10,12-26H,1-6H3;1-4,6-11H;/q2*-1;. The van der Waals surface area contributed by atoms with E-state index in [1.54, 1.807) is 6.20 Å². The van der Waals surface area contributed by atoms with Crippen LogP contribution in [0.5, 0.6) is 0 Å². The van der Waals surface area contributed by atoms with Crippen LogP contribution in [0.4, 0.5) is 17.1 Å². The van der Waals surface area contributed by atoms with Gasteiger partial charge in [-0.1, -0.05) is 134 Å². The molecule has 0 atom stereocenters. The van der Waals surface area contributed by atoms with Crippen molar-refractivity contribution in [2.24, 2.45) is 0 Å². The summed E-state index contributed by atoms with van der Waals surface area (Å²) in [5, 5.41) is 0. The van der Waals surface area contributed by atoms with Gasteiger partial charge in [-0.15, -0.1) is 70.8 Å². The first-order chi connectivity index (χ1) is 28.3. The van der Waals surface area contributed by atoms with Gasteiger partial charge in [0.1, 0.15) is 0 Å². The molecule has 303 valence electrons. The molecule has 60 heavy (non-hydrogen) atoms. The number of pyridine rings is 2. The van der Waals surface area contributed by atoms with Crippen molar-refractivity contribution in [3.05, 3.63) is 208 Å². The van der Waals surface area contributed by atoms with E-state index in [1.165, 1.54) is 11.1 Å². The Labute approximate surface area is 386 Å². The van der Waals surface area contributed by atoms with E-state index in [4.69, 9.17) is 0 Å². The zero-order valence-corrected chi connectivity index (χ0v) is 40.2. The first kappa shape index (κ1) is 44.6. The molecule has 0 N–H and O–H groups in total. The van der Waals surface area contributed by atoms with E-state index in [-0.39, 0.29) is 30.9 Å². The van der Waals surface area contributed by atoms with Crippen LogP contribution in [-0.4, -0.2) is 9.97 Å². The minimum Gasteiger partial charge on any atom is -0.311 e. The Morgan fingerprint density at radius 3 is 1.22 bits per heavy atom. The topological polar surface area (TPSA) is 29.0 Å². The molecule has 8 aromatic rings. The molecule has 2 aromatic heterocycles. The van der Waals surface area contributed by atoms with E-state index in [0.29, 0.717) is 0 Å². The van der Waals surface area contributed by atoms with Gasteiger partial charge in [0.15, 0.2) is 0 Å². The van der Waals surface area contributed by atoms with Crippen molar-refractivity contribution >= 4 is 48.9 Å². The van der Waals surface area contributed by atoms with Crippen molar-refractivity contribution < 1.29 is 20.1 Å². The molecule has 0 aliphatic carbocycles. The number of aromatic nitrogens is 2. The van der Waals surface area contributed by atoms with Crippen molar-refractivity contribution in [3.8, 4) is 44.8 Å². The fourth-order valence-corrected chi connectivity index (χ4v) is 8.12. The summed E-state index contributed by atoms with van der Waals surface area (Å²) in [5.41, 5.74) is 14.8. The summed E-state index contributed by atoms with van der Waals surface area (Å²) in [7, 11) is 0. The van der Waals surface area contributed by atoms with Crippen LogP contribution >= 0.6 is 31.9 Å². The van der Waals surface area contributed by atoms with Gasteiger partial charge < -0.3 is 14.9 Å². The molecule has 6 aromatic carbocycles. The summed E-state index contributed by atoms with van der Waals surface area (Å²) in [6.07, 6.45) is 3.62. The first-order valence-electron chi connectivity index (χ1n) is 19.8. The van der Waals surface area contributed by atoms with Gasteiger partial charge >= 0.3 is 0 Å². The zero-order valence-electron chi connectivity index (χ0n) is 34.7. The van der Waals surface area contributed by atoms with Crippen LogP contribution in [0.15, 0.2) is 185 Å². The van der Waals surface area contributed by atoms with Crippen LogP contribution in [0, 0.1) is 12.1 Å². The molecule has 2 heterocycles. The summed E-state index contributed by atoms with van der Waals surface area (Å²) in [5.74, 6) is 0. The van der Waals surface area contributed by atoms with Crippen LogP contribution in [0.2, 0.25) is 0 Å². The van der Waals surface area contributed by atoms with Crippen LogP contribution in [0.25, 0.3) is 44.8 Å². The van der Waals surface area contributed by atoms with E-state index in [1.807, 2.05) is 60.8 Å². The van der Waals surface area contributed by atoms with E-state index >= 15 is 0 Å². The Balaban J connectivity index is 0.000000241. The fourth-order valence-electron chi connectivity index (χ4n) is 6.82. The number of rotatable bonds is 7. The van der Waals surface area contributed by atoms with Crippen LogP contribution in [0.3, 0.4) is 0 Å². The van der Waals surface area contributed by atoms with Crippen LogP contribution in [0.1, 0.15) is 52.7 Å². The average Bonchev–Trinajstić information content (AvgIpc) is 3.24. The smallest absolute Gasteiger partial charge is 0.0462 e. The molecule has 3 nitrogen and oxygen atoms in total. The van der Waals surface area contributed by atoms with Crippen molar-refractivity contribution in [3.63, 3.8) is 0 Å². The molecule has 0 aliphatic rings. The molecule has 0 unspecified atom stereocenters. The molecule has 0 fully saturated rings. The Morgan fingerprint density at radius 2 is 0.833 bits per heavy atom. The molecular weight excluding hydrogens is 1040 g/mol. The zero-order chi connectivity index (χ0) is 41.6. The Kier molecular flexibility index (Phi) is 14.6. The van der Waals surface area contributed by atoms with E-state index in [9.17, 15) is 0 Å². The van der Waals surface area contributed by atoms with Crippen LogP contribution < -0.4 is 4.90 Å². The summed E-state index contributed by atoms with van der Waals surface area (Å²) < 4.78 is 2.10. The van der Waals surface area contributed by atoms with Gasteiger partial charge in [0, 0.05) is 58.5 Å². The number of anilines is 3. The Bertz CT molecular complexity index is 2540. The molecule has 0 saturated carbocycles. The molecular formula is C54H47Br2IrN3-2. The first-order valence-corrected chi connectivity index (χ1v) is 21.3. The number of benzene rings is 6. The SMILES string of the molecule is Brc1cc(Br)cc(-c2cc[c-]c(-c3ccccn3)c2)c1.CC(C)(C)c1ccc(N(c2ccc(-c3cc[c-]c(-c4ccccn4)c3)cc2)c2ccc(C(C)(C)C)cc2)cc1.[Ir]. The average molecular weight is 1090 g/mol. The number of hydrogen-bond acceptors (Lipinski definition) is 3. The second kappa shape index (κ2) is 19.6. The predicted octanol–water partition coefficient (Wildman–Crippen LogP) is 16.0. The van der Waals surface area contributed by atoms with E-state index in [0.717, 1.165) is 70.8 Å². The molecule has 0 spiro atoms. The van der Waals surface area contributed by atoms with Crippen molar-refractivity contribution in [2.75, 3.05) is 4.90 Å². The van der Waals surface area contributed by atoms with E-state index in [2.05, 4.69) is 210 Å². The van der Waals surface area contributed by atoms with Gasteiger partial charge in [-0.25, -0.2) is 0 Å². The van der Waals surface area contributed by atoms with Gasteiger partial charge in [-0.3, -0.25) is 0 Å². The molecule has 6 heteroatoms. The maximum Gasteiger partial charge on any atom is 0.0462 e. The molecule has 1 radical (unpaired) electrons. The van der Waals surface area contributed by atoms with Crippen molar-refractivity contribution in [1.29, 1.82) is 0 Å². The summed E-state index contributed by atoms with van der Waals surface area (Å²) in [6.45, 7) is 13.5. The quantitative estimate of drug-likeness (QED) is 0.149. The van der Waals surface area contributed by atoms with Gasteiger partial charge in [0.25, 0.3) is 0 Å². The predicted molar refractivity (Wildman–Crippen MR) is 255 cm³/mol. The fraction of sp³-hybridized carbons (Fsp3) is 0.148. The van der Waals surface area contributed by atoms with Gasteiger partial charge in [-0.05, 0) is 111 Å². The van der Waals surface area contributed by atoms with Gasteiger partial charge in [0.05, 0.1) is 0 Å². The van der Waals surface area contributed by atoms with E-state index < -0.39 is 0 Å². The number of hydrogen-bond donors (Lipinski definition) is 0. The molecule has 8 rings (SSSR count). The monoisotopic (exact) mass is 1090 g/mol. The molecule has 0 amide bonds. The third-order valence-electron chi connectivity index (χ3n) is 10.1. The van der Waals surface area contributed by atoms with Gasteiger partial charge in [0.2, 0.25) is 0 Å². The minimum atomic E-state index is 0. The minimum absolute atomic E-state index is 0. The van der Waals surface area contributed by atoms with Gasteiger partial charge in [-0.2, -0.15) is 0 Å². The number of nitrogens with zero attached hydrogens (tertiary/aromatic N) is 3. The molecule has 0 bridgehead atoms. The second-order valence-electron chi connectivity index (χ2n) is 16.5. The normalized spacial score (nSPS) is 11.2. The van der Waals surface area contributed by atoms with Crippen molar-refractivity contribution in [1.82, 2.24) is 9.97 Å². The molecule has 0 aliphatic heterocycles. The largest absolute Gasteiger partial charge is 0.311 e. The third kappa shape index (κ3) is 11.2. The maximum absolute atomic E-state index is 4.49. The number of halogens is 2. The second-order valence-corrected chi connectivity index (χ2v) is 18.4. The third-order valence-corrected chi connectivity index (χ3v) is 11.0. The Morgan fingerprint density at radius 1 is 0.433 bits per heavy atom. The van der Waals surface area contributed by atoms with Crippen molar-refractivity contribution in [2.45, 2.75) is 52.4 Å². The van der Waals surface area contributed by atoms with Crippen LogP contribution in [-0.2, 0) is 30.9 Å². The Hall–Kier alpha value is -4.97.